The molecule has 2 aromatic heterocycles. The second-order valence-electron chi connectivity index (χ2n) is 7.19. The zero-order chi connectivity index (χ0) is 23.2. The molecule has 4 aromatic rings. The Bertz CT molecular complexity index is 1290. The number of halogens is 1. The first kappa shape index (κ1) is 21.8. The number of hydrogen-bond donors (Lipinski definition) is 3. The van der Waals surface area contributed by atoms with E-state index >= 15 is 0 Å². The van der Waals surface area contributed by atoms with E-state index in [1.54, 1.807) is 48.6 Å². The molecule has 0 unspecified atom stereocenters. The summed E-state index contributed by atoms with van der Waals surface area (Å²) in [5, 5.41) is 10.6. The number of carbonyl (C=O) groups is 2. The van der Waals surface area contributed by atoms with Gasteiger partial charge in [-0.05, 0) is 48.0 Å². The Kier molecular flexibility index (Phi) is 6.49. The van der Waals surface area contributed by atoms with Crippen LogP contribution in [0.25, 0.3) is 23.1 Å². The number of nitrogens with two attached hydrogens (primary N) is 1. The molecule has 0 saturated carbocycles. The number of hydrogen-bond acceptors (Lipinski definition) is 5. The molecule has 0 saturated heterocycles. The molecule has 33 heavy (non-hydrogen) atoms. The van der Waals surface area contributed by atoms with Crippen molar-refractivity contribution in [3.05, 3.63) is 83.2 Å². The number of aromatic amines is 1. The Hall–Kier alpha value is -4.40. The van der Waals surface area contributed by atoms with E-state index in [0.717, 1.165) is 5.56 Å². The lowest BCUT2D eigenvalue weighted by Gasteiger charge is -2.13. The summed E-state index contributed by atoms with van der Waals surface area (Å²) in [6, 6.07) is 12.8. The highest BCUT2D eigenvalue weighted by Crippen LogP contribution is 2.33. The number of fused-ring (bicyclic) bond motifs is 1. The second-order valence-corrected chi connectivity index (χ2v) is 7.19. The van der Waals surface area contributed by atoms with E-state index in [1.807, 2.05) is 0 Å². The first-order valence-corrected chi connectivity index (χ1v) is 10.2. The Balaban J connectivity index is 1.68. The Morgan fingerprint density at radius 1 is 1.15 bits per heavy atom. The highest BCUT2D eigenvalue weighted by atomic mass is 19.1. The number of benzene rings is 2. The van der Waals surface area contributed by atoms with Gasteiger partial charge in [-0.1, -0.05) is 18.2 Å². The molecule has 4 rings (SSSR count). The lowest BCUT2D eigenvalue weighted by Crippen LogP contribution is -2.23. The fourth-order valence-electron chi connectivity index (χ4n) is 3.23. The van der Waals surface area contributed by atoms with Gasteiger partial charge in [0, 0.05) is 0 Å². The number of ether oxygens (including phenoxy) is 1. The average Bonchev–Trinajstić information content (AvgIpc) is 3.47. The predicted molar refractivity (Wildman–Crippen MR) is 121 cm³/mol. The summed E-state index contributed by atoms with van der Waals surface area (Å²) in [5.74, 6) is -0.341. The minimum atomic E-state index is -0.519. The standard InChI is InChI=1S/C24H21FN4O4/c25-16-6-3-15(4-7-16)5-9-19-22-20(29-28-19)10-8-18(23(22)33-13-11-21(26)30)24(31)27-14-17-2-1-12-32-17/h1-10,12H,11,13-14H2,(H2,26,30)(H,27,31)(H,28,29)/b9-5+. The molecule has 0 atom stereocenters. The summed E-state index contributed by atoms with van der Waals surface area (Å²) in [7, 11) is 0. The maximum Gasteiger partial charge on any atom is 0.255 e. The third-order valence-corrected chi connectivity index (χ3v) is 4.86. The van der Waals surface area contributed by atoms with E-state index < -0.39 is 5.91 Å². The van der Waals surface area contributed by atoms with Crippen molar-refractivity contribution < 1.29 is 23.1 Å². The van der Waals surface area contributed by atoms with Crippen LogP contribution < -0.4 is 15.8 Å². The number of furan rings is 1. The Morgan fingerprint density at radius 2 is 1.97 bits per heavy atom. The van der Waals surface area contributed by atoms with Crippen LogP contribution in [0.1, 0.15) is 33.8 Å². The molecule has 9 heteroatoms. The van der Waals surface area contributed by atoms with Crippen LogP contribution in [-0.2, 0) is 11.3 Å². The summed E-state index contributed by atoms with van der Waals surface area (Å²) < 4.78 is 24.3. The molecule has 0 fully saturated rings. The largest absolute Gasteiger partial charge is 0.491 e. The number of rotatable bonds is 9. The van der Waals surface area contributed by atoms with Crippen molar-refractivity contribution in [2.24, 2.45) is 5.73 Å². The van der Waals surface area contributed by atoms with Gasteiger partial charge in [0.25, 0.3) is 5.91 Å². The van der Waals surface area contributed by atoms with Crippen LogP contribution in [-0.4, -0.2) is 28.6 Å². The number of nitrogens with zero attached hydrogens (tertiary/aromatic N) is 1. The van der Waals surface area contributed by atoms with E-state index in [9.17, 15) is 14.0 Å². The third kappa shape index (κ3) is 5.27. The number of H-pyrrole nitrogens is 1. The Morgan fingerprint density at radius 3 is 2.70 bits per heavy atom. The van der Waals surface area contributed by atoms with Crippen LogP contribution in [0.4, 0.5) is 4.39 Å². The van der Waals surface area contributed by atoms with Crippen molar-refractivity contribution in [2.75, 3.05) is 6.61 Å². The molecule has 168 valence electrons. The minimum Gasteiger partial charge on any atom is -0.491 e. The van der Waals surface area contributed by atoms with Gasteiger partial charge in [0.05, 0.1) is 48.0 Å². The summed E-state index contributed by atoms with van der Waals surface area (Å²) in [5.41, 5.74) is 7.45. The minimum absolute atomic E-state index is 0.000787. The SMILES string of the molecule is NC(=O)CCOc1c(C(=O)NCc2ccco2)ccc2n[nH]c(/C=C/c3ccc(F)cc3)c12. The van der Waals surface area contributed by atoms with Gasteiger partial charge in [-0.25, -0.2) is 4.39 Å². The smallest absolute Gasteiger partial charge is 0.255 e. The van der Waals surface area contributed by atoms with Crippen molar-refractivity contribution in [1.29, 1.82) is 0 Å². The van der Waals surface area contributed by atoms with Crippen LogP contribution in [0.3, 0.4) is 0 Å². The van der Waals surface area contributed by atoms with E-state index in [4.69, 9.17) is 14.9 Å². The van der Waals surface area contributed by atoms with Crippen molar-refractivity contribution in [1.82, 2.24) is 15.5 Å². The number of primary amides is 1. The quantitative estimate of drug-likeness (QED) is 0.361. The van der Waals surface area contributed by atoms with Crippen molar-refractivity contribution in [3.8, 4) is 5.75 Å². The summed E-state index contributed by atoms with van der Waals surface area (Å²) in [6.45, 7) is 0.201. The lowest BCUT2D eigenvalue weighted by atomic mass is 10.1. The van der Waals surface area contributed by atoms with Crippen LogP contribution in [0, 0.1) is 5.82 Å². The van der Waals surface area contributed by atoms with Gasteiger partial charge in [-0.3, -0.25) is 14.7 Å². The van der Waals surface area contributed by atoms with Crippen molar-refractivity contribution in [2.45, 2.75) is 13.0 Å². The molecule has 0 bridgehead atoms. The number of carbonyl (C=O) groups excluding carboxylic acids is 2. The van der Waals surface area contributed by atoms with E-state index in [0.29, 0.717) is 22.4 Å². The van der Waals surface area contributed by atoms with Crippen LogP contribution in [0.15, 0.2) is 59.2 Å². The van der Waals surface area contributed by atoms with Gasteiger partial charge in [0.15, 0.2) is 0 Å². The number of nitrogens with one attached hydrogen (secondary N) is 2. The van der Waals surface area contributed by atoms with E-state index in [-0.39, 0.29) is 42.6 Å². The fourth-order valence-corrected chi connectivity index (χ4v) is 3.23. The van der Waals surface area contributed by atoms with Gasteiger partial charge in [0.2, 0.25) is 5.91 Å². The third-order valence-electron chi connectivity index (χ3n) is 4.86. The molecule has 0 radical (unpaired) electrons. The molecular formula is C24H21FN4O4. The average molecular weight is 448 g/mol. The molecule has 4 N–H and O–H groups in total. The normalized spacial score (nSPS) is 11.2. The fraction of sp³-hybridized carbons (Fsp3) is 0.125. The molecule has 0 aliphatic heterocycles. The molecule has 8 nitrogen and oxygen atoms in total. The number of amides is 2. The van der Waals surface area contributed by atoms with Crippen LogP contribution >= 0.6 is 0 Å². The number of aromatic nitrogens is 2. The van der Waals surface area contributed by atoms with Crippen LogP contribution in [0.2, 0.25) is 0 Å². The lowest BCUT2D eigenvalue weighted by molar-refractivity contribution is -0.118. The molecule has 2 aromatic carbocycles. The molecule has 0 aliphatic carbocycles. The zero-order valence-corrected chi connectivity index (χ0v) is 17.5. The van der Waals surface area contributed by atoms with Gasteiger partial charge in [-0.2, -0.15) is 5.10 Å². The van der Waals surface area contributed by atoms with Crippen molar-refractivity contribution in [3.63, 3.8) is 0 Å². The maximum absolute atomic E-state index is 13.2. The molecule has 0 aliphatic rings. The first-order chi connectivity index (χ1) is 16.0. The van der Waals surface area contributed by atoms with Gasteiger partial charge < -0.3 is 20.2 Å². The van der Waals surface area contributed by atoms with Gasteiger partial charge >= 0.3 is 0 Å². The summed E-state index contributed by atoms with van der Waals surface area (Å²) in [4.78, 5) is 24.1. The topological polar surface area (TPSA) is 123 Å². The molecule has 0 spiro atoms. The highest BCUT2D eigenvalue weighted by Gasteiger charge is 2.20. The maximum atomic E-state index is 13.2. The predicted octanol–water partition coefficient (Wildman–Crippen LogP) is 3.65. The van der Waals surface area contributed by atoms with E-state index in [2.05, 4.69) is 15.5 Å². The Labute approximate surface area is 188 Å². The van der Waals surface area contributed by atoms with Gasteiger partial charge in [0.1, 0.15) is 17.3 Å². The molecule has 2 heterocycles. The zero-order valence-electron chi connectivity index (χ0n) is 17.5. The van der Waals surface area contributed by atoms with E-state index in [1.165, 1.54) is 18.4 Å². The van der Waals surface area contributed by atoms with Crippen LogP contribution in [0.5, 0.6) is 5.75 Å². The second kappa shape index (κ2) is 9.82. The summed E-state index contributed by atoms with van der Waals surface area (Å²) >= 11 is 0. The first-order valence-electron chi connectivity index (χ1n) is 10.2. The molecule has 2 amide bonds. The van der Waals surface area contributed by atoms with Gasteiger partial charge in [-0.15, -0.1) is 0 Å². The summed E-state index contributed by atoms with van der Waals surface area (Å²) in [6.07, 6.45) is 5.05. The highest BCUT2D eigenvalue weighted by molar-refractivity contribution is 6.05. The monoisotopic (exact) mass is 448 g/mol. The van der Waals surface area contributed by atoms with Crippen molar-refractivity contribution >= 4 is 34.9 Å². The molecular weight excluding hydrogens is 427 g/mol.